The number of carbonyl (C=O) groups is 1. The molecule has 1 aromatic rings. The maximum absolute atomic E-state index is 12.1. The van der Waals surface area contributed by atoms with Crippen molar-refractivity contribution in [3.8, 4) is 0 Å². The Kier molecular flexibility index (Phi) is 6.56. The van der Waals surface area contributed by atoms with Crippen molar-refractivity contribution in [2.75, 3.05) is 26.2 Å². The van der Waals surface area contributed by atoms with Gasteiger partial charge in [0.1, 0.15) is 0 Å². The molecular formula is C16H25N7O. The Hall–Kier alpha value is -2.61. The van der Waals surface area contributed by atoms with Gasteiger partial charge in [-0.3, -0.25) is 4.79 Å². The van der Waals surface area contributed by atoms with E-state index in [2.05, 4.69) is 20.2 Å². The molecule has 8 heteroatoms. The first-order valence-corrected chi connectivity index (χ1v) is 8.09. The maximum atomic E-state index is 12.1. The van der Waals surface area contributed by atoms with E-state index in [4.69, 9.17) is 17.2 Å². The number of piperidine rings is 1. The molecule has 24 heavy (non-hydrogen) atoms. The number of carbonyl (C=O) groups excluding carboxylic acids is 1. The quantitative estimate of drug-likeness (QED) is 0.449. The van der Waals surface area contributed by atoms with Gasteiger partial charge in [0, 0.05) is 18.7 Å². The van der Waals surface area contributed by atoms with Crippen LogP contribution < -0.4 is 22.5 Å². The van der Waals surface area contributed by atoms with Crippen molar-refractivity contribution in [1.82, 2.24) is 10.2 Å². The summed E-state index contributed by atoms with van der Waals surface area (Å²) in [6.45, 7) is 3.79. The Morgan fingerprint density at radius 1 is 1.08 bits per heavy atom. The normalized spacial score (nSPS) is 15.8. The Morgan fingerprint density at radius 3 is 2.38 bits per heavy atom. The molecule has 0 bridgehead atoms. The lowest BCUT2D eigenvalue weighted by atomic mass is 10.1. The summed E-state index contributed by atoms with van der Waals surface area (Å²) in [5, 5.41) is 2.94. The van der Waals surface area contributed by atoms with Crippen molar-refractivity contribution in [1.29, 1.82) is 0 Å². The zero-order valence-corrected chi connectivity index (χ0v) is 13.7. The van der Waals surface area contributed by atoms with E-state index < -0.39 is 0 Å². The Morgan fingerprint density at radius 2 is 1.75 bits per heavy atom. The number of nitrogens with one attached hydrogen (secondary N) is 1. The van der Waals surface area contributed by atoms with Crippen molar-refractivity contribution < 1.29 is 4.79 Å². The van der Waals surface area contributed by atoms with Gasteiger partial charge in [-0.05, 0) is 50.2 Å². The highest BCUT2D eigenvalue weighted by atomic mass is 16.1. The number of aliphatic imine (C=N–C) groups is 2. The molecule has 0 aromatic heterocycles. The first-order chi connectivity index (χ1) is 11.5. The summed E-state index contributed by atoms with van der Waals surface area (Å²) >= 11 is 0. The zero-order chi connectivity index (χ0) is 17.4. The fourth-order valence-electron chi connectivity index (χ4n) is 2.59. The number of rotatable bonds is 5. The molecule has 7 N–H and O–H groups in total. The summed E-state index contributed by atoms with van der Waals surface area (Å²) in [7, 11) is 0. The van der Waals surface area contributed by atoms with Crippen LogP contribution in [0.1, 0.15) is 29.6 Å². The zero-order valence-electron chi connectivity index (χ0n) is 13.7. The van der Waals surface area contributed by atoms with Crippen LogP contribution in [0.3, 0.4) is 0 Å². The van der Waals surface area contributed by atoms with E-state index in [0.717, 1.165) is 19.6 Å². The molecule has 8 nitrogen and oxygen atoms in total. The van der Waals surface area contributed by atoms with Crippen LogP contribution in [0.4, 0.5) is 5.69 Å². The number of nitrogens with two attached hydrogens (primary N) is 3. The summed E-state index contributed by atoms with van der Waals surface area (Å²) in [6, 6.07) is 6.76. The summed E-state index contributed by atoms with van der Waals surface area (Å²) in [5.74, 6) is -0.283. The number of guanidine groups is 2. The predicted octanol–water partition coefficient (Wildman–Crippen LogP) is 0.122. The molecule has 1 fully saturated rings. The molecule has 1 aliphatic heterocycles. The number of likely N-dealkylation sites (tertiary alicyclic amines) is 1. The summed E-state index contributed by atoms with van der Waals surface area (Å²) in [5.41, 5.74) is 17.2. The Balaban J connectivity index is 1.83. The number of nitrogens with zero attached hydrogens (tertiary/aromatic N) is 3. The van der Waals surface area contributed by atoms with Gasteiger partial charge in [-0.25, -0.2) is 4.99 Å². The molecule has 1 aliphatic rings. The van der Waals surface area contributed by atoms with Crippen LogP contribution in [0.15, 0.2) is 34.3 Å². The largest absolute Gasteiger partial charge is 0.370 e. The van der Waals surface area contributed by atoms with Crippen LogP contribution >= 0.6 is 0 Å². The van der Waals surface area contributed by atoms with Gasteiger partial charge in [0.05, 0.1) is 5.69 Å². The van der Waals surface area contributed by atoms with E-state index in [9.17, 15) is 4.79 Å². The first-order valence-electron chi connectivity index (χ1n) is 8.09. The summed E-state index contributed by atoms with van der Waals surface area (Å²) < 4.78 is 0. The molecule has 1 saturated heterocycles. The fraction of sp³-hybridized carbons (Fsp3) is 0.438. The van der Waals surface area contributed by atoms with Gasteiger partial charge in [0.15, 0.2) is 5.96 Å². The molecule has 1 aromatic carbocycles. The van der Waals surface area contributed by atoms with Gasteiger partial charge in [-0.2, -0.15) is 4.99 Å². The van der Waals surface area contributed by atoms with Gasteiger partial charge in [-0.1, -0.05) is 6.42 Å². The third-order valence-electron chi connectivity index (χ3n) is 3.78. The molecule has 0 aliphatic carbocycles. The van der Waals surface area contributed by atoms with Crippen molar-refractivity contribution in [2.24, 2.45) is 27.2 Å². The molecule has 0 atom stereocenters. The number of benzene rings is 1. The van der Waals surface area contributed by atoms with Crippen molar-refractivity contribution in [2.45, 2.75) is 19.3 Å². The third kappa shape index (κ3) is 5.88. The first kappa shape index (κ1) is 17.7. The number of hydrogen-bond donors (Lipinski definition) is 4. The highest BCUT2D eigenvalue weighted by Crippen LogP contribution is 2.13. The van der Waals surface area contributed by atoms with E-state index in [1.165, 1.54) is 19.3 Å². The average molecular weight is 331 g/mol. The highest BCUT2D eigenvalue weighted by molar-refractivity contribution is 5.95. The van der Waals surface area contributed by atoms with Crippen LogP contribution in [0, 0.1) is 0 Å². The molecule has 0 spiro atoms. The monoisotopic (exact) mass is 331 g/mol. The molecular weight excluding hydrogens is 306 g/mol. The van der Waals surface area contributed by atoms with Gasteiger partial charge in [0.25, 0.3) is 5.91 Å². The molecule has 130 valence electrons. The minimum Gasteiger partial charge on any atom is -0.370 e. The van der Waals surface area contributed by atoms with Gasteiger partial charge in [0.2, 0.25) is 5.96 Å². The van der Waals surface area contributed by atoms with Gasteiger partial charge in [-0.15, -0.1) is 0 Å². The van der Waals surface area contributed by atoms with Crippen LogP contribution in [-0.4, -0.2) is 48.9 Å². The van der Waals surface area contributed by atoms with Gasteiger partial charge >= 0.3 is 0 Å². The van der Waals surface area contributed by atoms with Crippen LogP contribution in [0.2, 0.25) is 0 Å². The number of hydrogen-bond acceptors (Lipinski definition) is 3. The second-order valence-corrected chi connectivity index (χ2v) is 5.71. The van der Waals surface area contributed by atoms with Crippen LogP contribution in [0.25, 0.3) is 0 Å². The van der Waals surface area contributed by atoms with Crippen molar-refractivity contribution in [3.05, 3.63) is 29.8 Å². The highest BCUT2D eigenvalue weighted by Gasteiger charge is 2.10. The van der Waals surface area contributed by atoms with E-state index in [1.807, 2.05) is 0 Å². The second-order valence-electron chi connectivity index (χ2n) is 5.71. The van der Waals surface area contributed by atoms with E-state index in [1.54, 1.807) is 24.3 Å². The average Bonchev–Trinajstić information content (AvgIpc) is 2.55. The van der Waals surface area contributed by atoms with E-state index in [0.29, 0.717) is 17.8 Å². The van der Waals surface area contributed by atoms with Crippen molar-refractivity contribution >= 4 is 23.5 Å². The summed E-state index contributed by atoms with van der Waals surface area (Å²) in [6.07, 6.45) is 3.81. The fourth-order valence-corrected chi connectivity index (χ4v) is 2.59. The molecule has 0 unspecified atom stereocenters. The van der Waals surface area contributed by atoms with Crippen LogP contribution in [-0.2, 0) is 0 Å². The molecule has 2 rings (SSSR count). The van der Waals surface area contributed by atoms with Crippen LogP contribution in [0.5, 0.6) is 0 Å². The molecule has 1 heterocycles. The standard InChI is InChI=1S/C16H25N7O/c17-15(18)22-16(19)21-13-6-4-12(5-7-13)14(24)20-8-11-23-9-2-1-3-10-23/h4-7H,1-3,8-11H2,(H,20,24)(H6,17,18,19,21,22). The second kappa shape index (κ2) is 8.88. The van der Waals surface area contributed by atoms with Crippen molar-refractivity contribution in [3.63, 3.8) is 0 Å². The summed E-state index contributed by atoms with van der Waals surface area (Å²) in [4.78, 5) is 22.2. The Bertz CT molecular complexity index is 599. The number of amides is 1. The predicted molar refractivity (Wildman–Crippen MR) is 96.2 cm³/mol. The molecule has 1 amide bonds. The lowest BCUT2D eigenvalue weighted by molar-refractivity contribution is 0.0946. The van der Waals surface area contributed by atoms with E-state index >= 15 is 0 Å². The molecule has 0 radical (unpaired) electrons. The minimum atomic E-state index is -0.152. The topological polar surface area (TPSA) is 135 Å². The van der Waals surface area contributed by atoms with Gasteiger partial charge < -0.3 is 27.4 Å². The lowest BCUT2D eigenvalue weighted by Crippen LogP contribution is -2.37. The lowest BCUT2D eigenvalue weighted by Gasteiger charge is -2.26. The Labute approximate surface area is 141 Å². The third-order valence-corrected chi connectivity index (χ3v) is 3.78. The molecule has 0 saturated carbocycles. The maximum Gasteiger partial charge on any atom is 0.251 e. The minimum absolute atomic E-state index is 0.0336. The SMILES string of the molecule is NC(N)=NC(N)=Nc1ccc(C(=O)NCCN2CCCCC2)cc1. The smallest absolute Gasteiger partial charge is 0.251 e. The van der Waals surface area contributed by atoms with E-state index in [-0.39, 0.29) is 17.8 Å².